The number of carbonyl (C=O) groups is 1. The summed E-state index contributed by atoms with van der Waals surface area (Å²) in [7, 11) is 2.14. The third kappa shape index (κ3) is 3.61. The van der Waals surface area contributed by atoms with E-state index in [1.165, 1.54) is 15.1 Å². The van der Waals surface area contributed by atoms with Crippen LogP contribution < -0.4 is 5.32 Å². The summed E-state index contributed by atoms with van der Waals surface area (Å²) in [5.41, 5.74) is 3.51. The molecule has 0 spiro atoms. The smallest absolute Gasteiger partial charge is 0.221 e. The van der Waals surface area contributed by atoms with Gasteiger partial charge in [-0.25, -0.2) is 4.98 Å². The fraction of sp³-hybridized carbons (Fsp3) is 0.368. The standard InChI is InChI=1S/C17H17N3OS2.C2H6/c1-10(21)18-16-15(11-7-8-20(2)9-14(11)23-16)17-19-12-5-3-4-6-13(12)22-17;1-2/h3-6H,7-9H2,1-2H3,(H,18,21);1-2H3. The van der Waals surface area contributed by atoms with Crippen LogP contribution in [0.15, 0.2) is 24.3 Å². The van der Waals surface area contributed by atoms with E-state index in [1.807, 2.05) is 32.0 Å². The van der Waals surface area contributed by atoms with Gasteiger partial charge in [0.25, 0.3) is 0 Å². The van der Waals surface area contributed by atoms with Crippen molar-refractivity contribution in [2.75, 3.05) is 18.9 Å². The number of hydrogen-bond acceptors (Lipinski definition) is 5. The Bertz CT molecular complexity index is 864. The van der Waals surface area contributed by atoms with Gasteiger partial charge in [0.2, 0.25) is 5.91 Å². The second kappa shape index (κ2) is 7.64. The number of nitrogens with one attached hydrogen (secondary N) is 1. The summed E-state index contributed by atoms with van der Waals surface area (Å²) in [6, 6.07) is 8.19. The minimum absolute atomic E-state index is 0.0284. The van der Waals surface area contributed by atoms with E-state index < -0.39 is 0 Å². The quantitative estimate of drug-likeness (QED) is 0.688. The van der Waals surface area contributed by atoms with Crippen LogP contribution in [-0.2, 0) is 17.8 Å². The molecular weight excluding hydrogens is 350 g/mol. The molecule has 3 heterocycles. The zero-order valence-electron chi connectivity index (χ0n) is 15.0. The monoisotopic (exact) mass is 373 g/mol. The first-order valence-electron chi connectivity index (χ1n) is 8.58. The van der Waals surface area contributed by atoms with Crippen LogP contribution in [0, 0.1) is 0 Å². The molecule has 1 aromatic carbocycles. The molecule has 0 bridgehead atoms. The molecule has 25 heavy (non-hydrogen) atoms. The number of carbonyl (C=O) groups excluding carboxylic acids is 1. The Balaban J connectivity index is 0.000000880. The van der Waals surface area contributed by atoms with E-state index in [-0.39, 0.29) is 5.91 Å². The van der Waals surface area contributed by atoms with E-state index in [1.54, 1.807) is 29.6 Å². The second-order valence-electron chi connectivity index (χ2n) is 5.86. The highest BCUT2D eigenvalue weighted by Gasteiger charge is 2.26. The third-order valence-electron chi connectivity index (χ3n) is 4.05. The Kier molecular flexibility index (Phi) is 5.51. The lowest BCUT2D eigenvalue weighted by Gasteiger charge is -2.22. The normalized spacial score (nSPS) is 13.9. The number of thiophene rings is 1. The van der Waals surface area contributed by atoms with E-state index in [0.717, 1.165) is 40.6 Å². The van der Waals surface area contributed by atoms with Gasteiger partial charge in [-0.05, 0) is 31.2 Å². The molecule has 0 saturated heterocycles. The van der Waals surface area contributed by atoms with Crippen LogP contribution in [0.2, 0.25) is 0 Å². The maximum absolute atomic E-state index is 11.6. The highest BCUT2D eigenvalue weighted by molar-refractivity contribution is 7.22. The number of thiazole rings is 1. The molecule has 2 aromatic heterocycles. The van der Waals surface area contributed by atoms with Crippen LogP contribution in [0.3, 0.4) is 0 Å². The molecule has 1 aliphatic rings. The molecule has 0 radical (unpaired) electrons. The minimum Gasteiger partial charge on any atom is -0.317 e. The summed E-state index contributed by atoms with van der Waals surface area (Å²) in [4.78, 5) is 20.1. The van der Waals surface area contributed by atoms with Crippen molar-refractivity contribution >= 4 is 43.8 Å². The predicted octanol–water partition coefficient (Wildman–Crippen LogP) is 5.00. The molecule has 0 atom stereocenters. The van der Waals surface area contributed by atoms with Crippen LogP contribution in [0.5, 0.6) is 0 Å². The van der Waals surface area contributed by atoms with Gasteiger partial charge in [-0.2, -0.15) is 0 Å². The topological polar surface area (TPSA) is 45.2 Å². The number of fused-ring (bicyclic) bond motifs is 2. The Labute approximate surface area is 156 Å². The van der Waals surface area contributed by atoms with Crippen molar-refractivity contribution in [3.8, 4) is 10.6 Å². The average molecular weight is 374 g/mol. The molecule has 0 aliphatic carbocycles. The highest BCUT2D eigenvalue weighted by Crippen LogP contribution is 2.45. The molecule has 3 aromatic rings. The van der Waals surface area contributed by atoms with Crippen molar-refractivity contribution in [1.82, 2.24) is 9.88 Å². The Hall–Kier alpha value is -1.76. The Morgan fingerprint density at radius 3 is 2.72 bits per heavy atom. The summed E-state index contributed by atoms with van der Waals surface area (Å²) in [5, 5.41) is 4.97. The first-order chi connectivity index (χ1) is 12.1. The summed E-state index contributed by atoms with van der Waals surface area (Å²) in [6.45, 7) is 7.55. The zero-order chi connectivity index (χ0) is 18.0. The van der Waals surface area contributed by atoms with E-state index in [2.05, 4.69) is 23.3 Å². The van der Waals surface area contributed by atoms with Gasteiger partial charge in [-0.1, -0.05) is 26.0 Å². The fourth-order valence-electron chi connectivity index (χ4n) is 2.98. The van der Waals surface area contributed by atoms with Crippen LogP contribution in [0.4, 0.5) is 5.00 Å². The van der Waals surface area contributed by atoms with Crippen molar-refractivity contribution in [2.45, 2.75) is 33.7 Å². The molecular formula is C19H23N3OS2. The van der Waals surface area contributed by atoms with Crippen molar-refractivity contribution in [3.05, 3.63) is 34.7 Å². The number of aromatic nitrogens is 1. The minimum atomic E-state index is -0.0284. The van der Waals surface area contributed by atoms with Crippen molar-refractivity contribution in [1.29, 1.82) is 0 Å². The number of hydrogen-bond donors (Lipinski definition) is 1. The van der Waals surface area contributed by atoms with Crippen molar-refractivity contribution in [3.63, 3.8) is 0 Å². The molecule has 132 valence electrons. The first kappa shape index (κ1) is 18.0. The molecule has 4 rings (SSSR count). The van der Waals surface area contributed by atoms with Crippen molar-refractivity contribution < 1.29 is 4.79 Å². The predicted molar refractivity (Wildman–Crippen MR) is 109 cm³/mol. The molecule has 1 amide bonds. The molecule has 6 heteroatoms. The molecule has 0 unspecified atom stereocenters. The lowest BCUT2D eigenvalue weighted by molar-refractivity contribution is -0.114. The van der Waals surface area contributed by atoms with Crippen molar-refractivity contribution in [2.24, 2.45) is 0 Å². The summed E-state index contributed by atoms with van der Waals surface area (Å²) >= 11 is 3.39. The highest BCUT2D eigenvalue weighted by atomic mass is 32.1. The lowest BCUT2D eigenvalue weighted by atomic mass is 10.0. The maximum atomic E-state index is 11.6. The van der Waals surface area contributed by atoms with Crippen LogP contribution in [0.1, 0.15) is 31.2 Å². The number of anilines is 1. The Morgan fingerprint density at radius 1 is 1.24 bits per heavy atom. The number of rotatable bonds is 2. The van der Waals surface area contributed by atoms with Gasteiger partial charge in [0.05, 0.1) is 10.2 Å². The van der Waals surface area contributed by atoms with Crippen LogP contribution in [0.25, 0.3) is 20.8 Å². The van der Waals surface area contributed by atoms with E-state index >= 15 is 0 Å². The summed E-state index contributed by atoms with van der Waals surface area (Å²) in [6.07, 6.45) is 1.01. The second-order valence-corrected chi connectivity index (χ2v) is 8.00. The average Bonchev–Trinajstić information content (AvgIpc) is 3.15. The van der Waals surface area contributed by atoms with Gasteiger partial charge >= 0.3 is 0 Å². The van der Waals surface area contributed by atoms with Gasteiger partial charge < -0.3 is 10.2 Å². The molecule has 1 aliphatic heterocycles. The SMILES string of the molecule is CC.CC(=O)Nc1sc2c(c1-c1nc3ccccc3s1)CCN(C)C2. The number of benzene rings is 1. The van der Waals surface area contributed by atoms with Gasteiger partial charge in [-0.3, -0.25) is 4.79 Å². The van der Waals surface area contributed by atoms with Crippen LogP contribution >= 0.6 is 22.7 Å². The molecule has 0 fully saturated rings. The third-order valence-corrected chi connectivity index (χ3v) is 6.23. The largest absolute Gasteiger partial charge is 0.317 e. The van der Waals surface area contributed by atoms with E-state index in [4.69, 9.17) is 4.98 Å². The van der Waals surface area contributed by atoms with Gasteiger partial charge in [0.1, 0.15) is 10.0 Å². The molecule has 0 saturated carbocycles. The number of amides is 1. The molecule has 1 N–H and O–H groups in total. The first-order valence-corrected chi connectivity index (χ1v) is 10.2. The number of para-hydroxylation sites is 1. The van der Waals surface area contributed by atoms with E-state index in [0.29, 0.717) is 0 Å². The van der Waals surface area contributed by atoms with Gasteiger partial charge in [-0.15, -0.1) is 22.7 Å². The summed E-state index contributed by atoms with van der Waals surface area (Å²) in [5.74, 6) is -0.0284. The van der Waals surface area contributed by atoms with Gasteiger partial charge in [0, 0.05) is 30.5 Å². The zero-order valence-corrected chi connectivity index (χ0v) is 16.7. The molecule has 4 nitrogen and oxygen atoms in total. The number of nitrogens with zero attached hydrogens (tertiary/aromatic N) is 2. The lowest BCUT2D eigenvalue weighted by Crippen LogP contribution is -2.25. The number of likely N-dealkylation sites (N-methyl/N-ethyl adjacent to an activating group) is 1. The van der Waals surface area contributed by atoms with E-state index in [9.17, 15) is 4.79 Å². The Morgan fingerprint density at radius 2 is 2.00 bits per heavy atom. The fourth-order valence-corrected chi connectivity index (χ4v) is 5.47. The summed E-state index contributed by atoms with van der Waals surface area (Å²) < 4.78 is 1.18. The maximum Gasteiger partial charge on any atom is 0.221 e. The van der Waals surface area contributed by atoms with Gasteiger partial charge in [0.15, 0.2) is 0 Å². The van der Waals surface area contributed by atoms with Crippen LogP contribution in [-0.4, -0.2) is 29.4 Å².